The van der Waals surface area contributed by atoms with Crippen molar-refractivity contribution in [2.75, 3.05) is 18.4 Å². The number of halogens is 2. The summed E-state index contributed by atoms with van der Waals surface area (Å²) in [4.78, 5) is 37.8. The van der Waals surface area contributed by atoms with E-state index in [-0.39, 0.29) is 31.9 Å². The molecule has 0 radical (unpaired) electrons. The van der Waals surface area contributed by atoms with Crippen LogP contribution in [0.3, 0.4) is 0 Å². The molecule has 0 aliphatic heterocycles. The molecule has 0 unspecified atom stereocenters. The molecular weight excluding hydrogens is 517 g/mol. The van der Waals surface area contributed by atoms with Gasteiger partial charge in [-0.05, 0) is 41.5 Å². The predicted octanol–water partition coefficient (Wildman–Crippen LogP) is 5.22. The molecule has 4 rings (SSSR count). The highest BCUT2D eigenvalue weighted by atomic mass is 35.5. The van der Waals surface area contributed by atoms with Crippen LogP contribution in [-0.2, 0) is 22.7 Å². The van der Waals surface area contributed by atoms with Crippen LogP contribution in [0.25, 0.3) is 10.9 Å². The van der Waals surface area contributed by atoms with E-state index in [1.807, 2.05) is 30.3 Å². The van der Waals surface area contributed by atoms with Crippen molar-refractivity contribution in [3.8, 4) is 0 Å². The number of carboxylic acid groups (broad SMARTS) is 2. The summed E-state index contributed by atoms with van der Waals surface area (Å²) in [5.74, 6) is -2.58. The average Bonchev–Trinajstić information content (AvgIpc) is 3.21. The molecular formula is C27H23Cl2N3O5. The number of nitrogens with one attached hydrogen (secondary N) is 1. The topological polar surface area (TPSA) is 112 Å². The van der Waals surface area contributed by atoms with Crippen molar-refractivity contribution in [3.63, 3.8) is 0 Å². The number of anilines is 1. The Balaban J connectivity index is 1.60. The van der Waals surface area contributed by atoms with E-state index in [0.29, 0.717) is 26.6 Å². The quantitative estimate of drug-likeness (QED) is 0.254. The minimum absolute atomic E-state index is 0.0411. The second kappa shape index (κ2) is 11.5. The standard InChI is InChI=1S/C27H23Cl2N3O5/c28-20-10-9-18(11-21(20)29)14-32-23-8-4-7-22(19(23)12-24(32)27(36)37)30-25(33)15-31(16-26(34)35)13-17-5-2-1-3-6-17/h1-12H,13-16H2,(H,30,33)(H,34,35)(H,36,37). The summed E-state index contributed by atoms with van der Waals surface area (Å²) in [5.41, 5.74) is 2.71. The fourth-order valence-electron chi connectivity index (χ4n) is 4.16. The Morgan fingerprint density at radius 3 is 2.27 bits per heavy atom. The number of fused-ring (bicyclic) bond motifs is 1. The van der Waals surface area contributed by atoms with Crippen LogP contribution < -0.4 is 5.32 Å². The van der Waals surface area contributed by atoms with Gasteiger partial charge in [0.25, 0.3) is 0 Å². The number of rotatable bonds is 10. The van der Waals surface area contributed by atoms with Gasteiger partial charge in [0.2, 0.25) is 5.91 Å². The lowest BCUT2D eigenvalue weighted by molar-refractivity contribution is -0.138. The second-order valence-corrected chi connectivity index (χ2v) is 9.29. The van der Waals surface area contributed by atoms with Crippen molar-refractivity contribution in [3.05, 3.63) is 99.7 Å². The van der Waals surface area contributed by atoms with Gasteiger partial charge in [0.1, 0.15) is 5.69 Å². The van der Waals surface area contributed by atoms with Gasteiger partial charge in [0.05, 0.1) is 34.3 Å². The van der Waals surface area contributed by atoms with E-state index in [2.05, 4.69) is 5.32 Å². The number of hydrogen-bond donors (Lipinski definition) is 3. The van der Waals surface area contributed by atoms with E-state index in [0.717, 1.165) is 11.1 Å². The highest BCUT2D eigenvalue weighted by molar-refractivity contribution is 6.42. The molecule has 8 nitrogen and oxygen atoms in total. The smallest absolute Gasteiger partial charge is 0.352 e. The summed E-state index contributed by atoms with van der Waals surface area (Å²) in [6.07, 6.45) is 0. The van der Waals surface area contributed by atoms with Crippen LogP contribution in [0.4, 0.5) is 5.69 Å². The van der Waals surface area contributed by atoms with Crippen LogP contribution >= 0.6 is 23.2 Å². The number of nitrogens with zero attached hydrogens (tertiary/aromatic N) is 2. The molecule has 0 saturated carbocycles. The van der Waals surface area contributed by atoms with Crippen LogP contribution in [0.2, 0.25) is 10.0 Å². The average molecular weight is 540 g/mol. The number of benzene rings is 3. The number of hydrogen-bond acceptors (Lipinski definition) is 4. The maximum atomic E-state index is 12.9. The Kier molecular flexibility index (Phi) is 8.13. The van der Waals surface area contributed by atoms with Crippen molar-refractivity contribution in [2.45, 2.75) is 13.1 Å². The summed E-state index contributed by atoms with van der Waals surface area (Å²) < 4.78 is 1.62. The highest BCUT2D eigenvalue weighted by Crippen LogP contribution is 2.29. The molecule has 0 spiro atoms. The molecule has 0 aliphatic rings. The summed E-state index contributed by atoms with van der Waals surface area (Å²) in [6, 6.07) is 21.0. The number of aromatic carboxylic acids is 1. The van der Waals surface area contributed by atoms with Gasteiger partial charge >= 0.3 is 11.9 Å². The molecule has 1 amide bonds. The Bertz CT molecular complexity index is 1470. The first-order valence-corrected chi connectivity index (χ1v) is 12.0. The SMILES string of the molecule is O=C(O)CN(CC(=O)Nc1cccc2c1cc(C(=O)O)n2Cc1ccc(Cl)c(Cl)c1)Cc1ccccc1. The lowest BCUT2D eigenvalue weighted by Gasteiger charge is -2.20. The number of amides is 1. The van der Waals surface area contributed by atoms with E-state index in [1.54, 1.807) is 41.0 Å². The first-order chi connectivity index (χ1) is 17.7. The summed E-state index contributed by atoms with van der Waals surface area (Å²) in [5, 5.41) is 23.3. The van der Waals surface area contributed by atoms with Gasteiger partial charge in [-0.25, -0.2) is 4.79 Å². The molecule has 1 heterocycles. The highest BCUT2D eigenvalue weighted by Gasteiger charge is 2.20. The van der Waals surface area contributed by atoms with Crippen LogP contribution in [0.15, 0.2) is 72.8 Å². The first-order valence-electron chi connectivity index (χ1n) is 11.3. The Morgan fingerprint density at radius 1 is 0.838 bits per heavy atom. The van der Waals surface area contributed by atoms with Crippen molar-refractivity contribution in [2.24, 2.45) is 0 Å². The van der Waals surface area contributed by atoms with Gasteiger partial charge in [0.15, 0.2) is 0 Å². The summed E-state index contributed by atoms with van der Waals surface area (Å²) in [6.45, 7) is 0.0416. The minimum Gasteiger partial charge on any atom is -0.480 e. The van der Waals surface area contributed by atoms with E-state index >= 15 is 0 Å². The number of aliphatic carboxylic acids is 1. The fourth-order valence-corrected chi connectivity index (χ4v) is 4.48. The van der Waals surface area contributed by atoms with E-state index in [4.69, 9.17) is 23.2 Å². The number of carbonyl (C=O) groups excluding carboxylic acids is 1. The molecule has 0 aliphatic carbocycles. The molecule has 10 heteroatoms. The first kappa shape index (κ1) is 26.2. The van der Waals surface area contributed by atoms with E-state index in [9.17, 15) is 24.6 Å². The molecule has 190 valence electrons. The van der Waals surface area contributed by atoms with E-state index < -0.39 is 17.8 Å². The maximum absolute atomic E-state index is 12.9. The van der Waals surface area contributed by atoms with Gasteiger partial charge in [0, 0.05) is 18.5 Å². The molecule has 3 N–H and O–H groups in total. The second-order valence-electron chi connectivity index (χ2n) is 8.48. The van der Waals surface area contributed by atoms with Gasteiger partial charge in [-0.1, -0.05) is 65.7 Å². The van der Waals surface area contributed by atoms with Crippen molar-refractivity contribution < 1.29 is 24.6 Å². The van der Waals surface area contributed by atoms with Crippen LogP contribution in [-0.4, -0.2) is 50.6 Å². The maximum Gasteiger partial charge on any atom is 0.352 e. The van der Waals surface area contributed by atoms with Gasteiger partial charge in [-0.2, -0.15) is 0 Å². The van der Waals surface area contributed by atoms with Crippen LogP contribution in [0.5, 0.6) is 0 Å². The Morgan fingerprint density at radius 2 is 1.59 bits per heavy atom. The molecule has 0 fully saturated rings. The third-order valence-corrected chi connectivity index (χ3v) is 6.48. The zero-order valence-electron chi connectivity index (χ0n) is 19.5. The predicted molar refractivity (Wildman–Crippen MR) is 142 cm³/mol. The summed E-state index contributed by atoms with van der Waals surface area (Å²) in [7, 11) is 0. The van der Waals surface area contributed by atoms with E-state index in [1.165, 1.54) is 11.0 Å². The van der Waals surface area contributed by atoms with Crippen LogP contribution in [0.1, 0.15) is 21.6 Å². The van der Waals surface area contributed by atoms with Crippen molar-refractivity contribution in [1.82, 2.24) is 9.47 Å². The lowest BCUT2D eigenvalue weighted by atomic mass is 10.2. The fraction of sp³-hybridized carbons (Fsp3) is 0.148. The Hall–Kier alpha value is -3.85. The summed E-state index contributed by atoms with van der Waals surface area (Å²) >= 11 is 12.1. The van der Waals surface area contributed by atoms with Crippen molar-refractivity contribution >= 4 is 57.6 Å². The molecule has 0 atom stereocenters. The largest absolute Gasteiger partial charge is 0.480 e. The monoisotopic (exact) mass is 539 g/mol. The van der Waals surface area contributed by atoms with Gasteiger partial charge in [-0.15, -0.1) is 0 Å². The normalized spacial score (nSPS) is 11.1. The van der Waals surface area contributed by atoms with Crippen LogP contribution in [0, 0.1) is 0 Å². The molecule has 4 aromatic rings. The lowest BCUT2D eigenvalue weighted by Crippen LogP contribution is -2.36. The molecule has 37 heavy (non-hydrogen) atoms. The number of aromatic nitrogens is 1. The van der Waals surface area contributed by atoms with Crippen molar-refractivity contribution in [1.29, 1.82) is 0 Å². The minimum atomic E-state index is -1.12. The molecule has 3 aromatic carbocycles. The molecule has 0 bridgehead atoms. The third kappa shape index (κ3) is 6.48. The Labute approximate surface area is 222 Å². The number of carboxylic acids is 2. The van der Waals surface area contributed by atoms with Gasteiger partial charge in [-0.3, -0.25) is 14.5 Å². The zero-order valence-corrected chi connectivity index (χ0v) is 21.0. The molecule has 0 saturated heterocycles. The molecule has 1 aromatic heterocycles. The zero-order chi connectivity index (χ0) is 26.5. The van der Waals surface area contributed by atoms with Gasteiger partial charge < -0.3 is 20.1 Å². The number of carbonyl (C=O) groups is 3. The third-order valence-electron chi connectivity index (χ3n) is 5.74.